The molecule has 272 valence electrons. The molecule has 0 saturated heterocycles. The lowest BCUT2D eigenvalue weighted by Gasteiger charge is -2.25. The van der Waals surface area contributed by atoms with E-state index >= 15 is 0 Å². The fourth-order valence-electron chi connectivity index (χ4n) is 6.77. The van der Waals surface area contributed by atoms with Crippen molar-refractivity contribution in [1.29, 1.82) is 0 Å². The molecule has 3 aromatic rings. The molecule has 0 fully saturated rings. The van der Waals surface area contributed by atoms with Gasteiger partial charge in [-0.3, -0.25) is 4.99 Å². The normalized spacial score (nSPS) is 15.5. The molecule has 0 unspecified atom stereocenters. The summed E-state index contributed by atoms with van der Waals surface area (Å²) < 4.78 is 46.9. The van der Waals surface area contributed by atoms with Crippen LogP contribution in [0.3, 0.4) is 0 Å². The SMILES string of the molecule is C=CC(C)(C)OC(=O)[C@H](CCCN=C(N)NS(=O)(=O)c1c(C)c(C)c2c(c1C)CC(C)(C)O2)NC(=O)OCC1c2ccccc2-c2ccccc21. The van der Waals surface area contributed by atoms with E-state index in [9.17, 15) is 18.0 Å². The van der Waals surface area contributed by atoms with Gasteiger partial charge in [-0.15, -0.1) is 0 Å². The highest BCUT2D eigenvalue weighted by atomic mass is 32.2. The summed E-state index contributed by atoms with van der Waals surface area (Å²) in [7, 11) is -4.08. The molecule has 0 bridgehead atoms. The molecule has 1 aliphatic heterocycles. The zero-order valence-corrected chi connectivity index (χ0v) is 31.2. The number of alkyl carbamates (subject to hydrolysis) is 1. The van der Waals surface area contributed by atoms with Crippen molar-refractivity contribution in [1.82, 2.24) is 10.0 Å². The second-order valence-corrected chi connectivity index (χ2v) is 15.9. The predicted molar refractivity (Wildman–Crippen MR) is 197 cm³/mol. The van der Waals surface area contributed by atoms with E-state index in [2.05, 4.69) is 21.6 Å². The Bertz CT molecular complexity index is 1960. The second kappa shape index (κ2) is 14.4. The molecular weight excluding hydrogens is 669 g/mol. The van der Waals surface area contributed by atoms with Crippen LogP contribution in [0, 0.1) is 20.8 Å². The van der Waals surface area contributed by atoms with Crippen molar-refractivity contribution in [3.05, 3.63) is 94.6 Å². The number of fused-ring (bicyclic) bond motifs is 4. The van der Waals surface area contributed by atoms with Crippen LogP contribution >= 0.6 is 0 Å². The molecule has 0 saturated carbocycles. The number of amides is 1. The Balaban J connectivity index is 1.23. The third kappa shape index (κ3) is 8.06. The highest BCUT2D eigenvalue weighted by molar-refractivity contribution is 7.90. The summed E-state index contributed by atoms with van der Waals surface area (Å²) in [6.45, 7) is 16.5. The van der Waals surface area contributed by atoms with Gasteiger partial charge in [0.05, 0.1) is 4.90 Å². The molecule has 1 atom stereocenters. The predicted octanol–water partition coefficient (Wildman–Crippen LogP) is 6.11. The lowest BCUT2D eigenvalue weighted by atomic mass is 9.94. The third-order valence-corrected chi connectivity index (χ3v) is 11.1. The molecule has 0 aromatic heterocycles. The molecule has 3 aromatic carbocycles. The fourth-order valence-corrected chi connectivity index (χ4v) is 8.29. The van der Waals surface area contributed by atoms with Gasteiger partial charge in [0.1, 0.15) is 29.6 Å². The number of nitrogens with zero attached hydrogens (tertiary/aromatic N) is 1. The van der Waals surface area contributed by atoms with Crippen LogP contribution in [0.5, 0.6) is 5.75 Å². The third-order valence-electron chi connectivity index (χ3n) is 9.51. The van der Waals surface area contributed by atoms with Crippen molar-refractivity contribution in [2.45, 2.75) is 95.8 Å². The maximum absolute atomic E-state index is 13.6. The largest absolute Gasteiger partial charge is 0.487 e. The molecule has 2 aliphatic rings. The minimum atomic E-state index is -4.08. The molecule has 1 amide bonds. The number of nitrogens with two attached hydrogens (primary N) is 1. The van der Waals surface area contributed by atoms with E-state index in [1.807, 2.05) is 69.3 Å². The number of carbonyl (C=O) groups excluding carboxylic acids is 2. The Kier molecular flexibility index (Phi) is 10.6. The van der Waals surface area contributed by atoms with Gasteiger partial charge in [0.2, 0.25) is 5.96 Å². The second-order valence-electron chi connectivity index (χ2n) is 14.3. The number of nitrogens with one attached hydrogen (secondary N) is 2. The number of ether oxygens (including phenoxy) is 3. The number of carbonyl (C=O) groups is 2. The van der Waals surface area contributed by atoms with E-state index in [0.717, 1.165) is 39.1 Å². The van der Waals surface area contributed by atoms with Crippen LogP contribution in [-0.4, -0.2) is 56.8 Å². The number of benzene rings is 3. The molecule has 4 N–H and O–H groups in total. The van der Waals surface area contributed by atoms with Crippen LogP contribution in [0.1, 0.15) is 79.8 Å². The van der Waals surface area contributed by atoms with E-state index < -0.39 is 39.3 Å². The van der Waals surface area contributed by atoms with E-state index in [1.54, 1.807) is 27.7 Å². The number of rotatable bonds is 12. The van der Waals surface area contributed by atoms with Gasteiger partial charge in [0, 0.05) is 24.4 Å². The van der Waals surface area contributed by atoms with E-state index in [4.69, 9.17) is 19.9 Å². The summed E-state index contributed by atoms with van der Waals surface area (Å²) in [6.07, 6.45) is 1.70. The monoisotopic (exact) mass is 716 g/mol. The summed E-state index contributed by atoms with van der Waals surface area (Å²) in [5.74, 6) is -0.384. The van der Waals surface area contributed by atoms with Crippen LogP contribution in [0.15, 0.2) is 71.1 Å². The summed E-state index contributed by atoms with van der Waals surface area (Å²) in [5.41, 5.74) is 11.8. The number of hydrogen-bond acceptors (Lipinski definition) is 8. The lowest BCUT2D eigenvalue weighted by molar-refractivity contribution is -0.155. The van der Waals surface area contributed by atoms with Gasteiger partial charge in [0.25, 0.3) is 10.0 Å². The zero-order chi connectivity index (χ0) is 37.3. The van der Waals surface area contributed by atoms with Gasteiger partial charge in [0.15, 0.2) is 0 Å². The average Bonchev–Trinajstić information content (AvgIpc) is 3.57. The minimum Gasteiger partial charge on any atom is -0.487 e. The van der Waals surface area contributed by atoms with Crippen molar-refractivity contribution >= 4 is 28.0 Å². The first-order valence-corrected chi connectivity index (χ1v) is 18.6. The first kappa shape index (κ1) is 37.4. The molecule has 51 heavy (non-hydrogen) atoms. The number of hydrogen-bond donors (Lipinski definition) is 3. The Labute approximate surface area is 300 Å². The Morgan fingerprint density at radius 3 is 2.27 bits per heavy atom. The Hall–Kier alpha value is -4.84. The topological polar surface area (TPSA) is 158 Å². The zero-order valence-electron chi connectivity index (χ0n) is 30.4. The Morgan fingerprint density at radius 1 is 1.06 bits per heavy atom. The smallest absolute Gasteiger partial charge is 0.407 e. The van der Waals surface area contributed by atoms with Crippen molar-refractivity contribution in [3.63, 3.8) is 0 Å². The minimum absolute atomic E-state index is 0.0680. The summed E-state index contributed by atoms with van der Waals surface area (Å²) in [5, 5.41) is 2.66. The van der Waals surface area contributed by atoms with Gasteiger partial charge in [-0.2, -0.15) is 0 Å². The van der Waals surface area contributed by atoms with Gasteiger partial charge in [-0.05, 0) is 106 Å². The van der Waals surface area contributed by atoms with Crippen molar-refractivity contribution in [2.24, 2.45) is 10.7 Å². The highest BCUT2D eigenvalue weighted by Gasteiger charge is 2.37. The van der Waals surface area contributed by atoms with E-state index in [0.29, 0.717) is 17.5 Å². The van der Waals surface area contributed by atoms with Crippen LogP contribution in [-0.2, 0) is 30.7 Å². The van der Waals surface area contributed by atoms with Crippen LogP contribution < -0.4 is 20.5 Å². The summed E-state index contributed by atoms with van der Waals surface area (Å²) in [6, 6.07) is 14.9. The van der Waals surface area contributed by atoms with Crippen molar-refractivity contribution in [2.75, 3.05) is 13.2 Å². The molecule has 1 heterocycles. The maximum atomic E-state index is 13.6. The Morgan fingerprint density at radius 2 is 1.67 bits per heavy atom. The van der Waals surface area contributed by atoms with Gasteiger partial charge in [-0.1, -0.05) is 55.1 Å². The van der Waals surface area contributed by atoms with Crippen LogP contribution in [0.2, 0.25) is 0 Å². The average molecular weight is 717 g/mol. The quantitative estimate of drug-likeness (QED) is 0.0666. The van der Waals surface area contributed by atoms with Gasteiger partial charge < -0.3 is 25.3 Å². The number of esters is 1. The molecule has 1 aliphatic carbocycles. The van der Waals surface area contributed by atoms with Gasteiger partial charge >= 0.3 is 12.1 Å². The standard InChI is InChI=1S/C39H48N4O7S/c1-9-38(5,6)50-35(44)32(42-37(45)48-22-31-28-17-12-10-15-26(28)27-16-11-13-18-29(27)31)19-14-20-41-36(40)43-51(46,47)34-24(3)23(2)33-30(25(34)4)21-39(7,8)49-33/h9-13,15-18,31-32H,1,14,19-22H2,2-8H3,(H,42,45)(H3,40,41,43)/t32-/m0/s1. The molecule has 0 spiro atoms. The maximum Gasteiger partial charge on any atom is 0.407 e. The molecule has 5 rings (SSSR count). The molecule has 0 radical (unpaired) electrons. The van der Waals surface area contributed by atoms with E-state index in [1.165, 1.54) is 6.08 Å². The summed E-state index contributed by atoms with van der Waals surface area (Å²) in [4.78, 5) is 30.7. The number of guanidine groups is 1. The highest BCUT2D eigenvalue weighted by Crippen LogP contribution is 2.45. The lowest BCUT2D eigenvalue weighted by Crippen LogP contribution is -2.45. The molecular formula is C39H48N4O7S. The van der Waals surface area contributed by atoms with Crippen LogP contribution in [0.4, 0.5) is 4.79 Å². The fraction of sp³-hybridized carbons (Fsp3) is 0.410. The first-order valence-electron chi connectivity index (χ1n) is 17.1. The van der Waals surface area contributed by atoms with Crippen molar-refractivity contribution < 1.29 is 32.2 Å². The van der Waals surface area contributed by atoms with Crippen molar-refractivity contribution in [3.8, 4) is 16.9 Å². The van der Waals surface area contributed by atoms with Gasteiger partial charge in [-0.25, -0.2) is 22.7 Å². The van der Waals surface area contributed by atoms with E-state index in [-0.39, 0.29) is 42.8 Å². The number of aliphatic imine (C=N–C) groups is 1. The summed E-state index contributed by atoms with van der Waals surface area (Å²) >= 11 is 0. The van der Waals surface area contributed by atoms with Crippen LogP contribution in [0.25, 0.3) is 11.1 Å². The first-order chi connectivity index (χ1) is 23.9. The molecule has 12 heteroatoms. The number of sulfonamides is 1. The molecule has 11 nitrogen and oxygen atoms in total.